The van der Waals surface area contributed by atoms with E-state index in [1.807, 2.05) is 99.7 Å². The molecule has 5 N–H and O–H groups in total. The number of Topliss-reactive ketones (excluding diaryl/α,β-unsaturated/α-hetero) is 5. The number of benzene rings is 5. The Labute approximate surface area is 865 Å². The summed E-state index contributed by atoms with van der Waals surface area (Å²) in [5, 5.41) is 58.7. The molecule has 0 radical (unpaired) electrons. The van der Waals surface area contributed by atoms with Gasteiger partial charge >= 0.3 is 0 Å². The molecule has 0 bridgehead atoms. The Morgan fingerprint density at radius 1 is 0.414 bits per heavy atom. The van der Waals surface area contributed by atoms with Gasteiger partial charge in [-0.05, 0) is 168 Å². The van der Waals surface area contributed by atoms with Crippen molar-refractivity contribution in [2.75, 3.05) is 45.9 Å². The minimum atomic E-state index is -0.685. The summed E-state index contributed by atoms with van der Waals surface area (Å²) in [5.74, 6) is 6.58. The van der Waals surface area contributed by atoms with E-state index in [4.69, 9.17) is 25.4 Å². The fourth-order valence-electron chi connectivity index (χ4n) is 20.9. The van der Waals surface area contributed by atoms with Crippen molar-refractivity contribution in [3.63, 3.8) is 0 Å². The first-order valence-electron chi connectivity index (χ1n) is 51.0. The summed E-state index contributed by atoms with van der Waals surface area (Å²) < 4.78 is 15.5. The third-order valence-corrected chi connectivity index (χ3v) is 32.3. The highest BCUT2D eigenvalue weighted by Gasteiger charge is 2.48. The number of amides is 5. The minimum Gasteiger partial charge on any atom is -0.391 e. The number of hydrogen-bond acceptors (Lipinski definition) is 26. The SMILES string of the molecule is Cc1cc(CC(=O)N2C[C@H](O)C[C@H]2C(=O)CCC#Cc2ccccc2)on1.Cc1cc(CC(=O)N2C[C@H](O)C[C@H]2C(=O)CCc2ccc(Cl)c(C)c2)on1.Cc1ncsc1-c1ccc(CCC(=O)[C@@H]2C[C@@H](O)CN2C(=O)C2(C)CCCCC2)cc1.Cc1ncsc1-c1ccc(CCC(=O)[C@@H]2C[C@@H](O)CN2C(=O)C2CCCCC2)cc1.Cc1ncsc1-c1ccc(CCC(=O)[C@@H]2C[C@@H](O)CN2C(=O)C2CCOCC2)cc1. The normalized spacial score (nSPS) is 21.3. The Bertz CT molecular complexity index is 5980. The third-order valence-electron chi connectivity index (χ3n) is 29.0. The molecular formula is C113H135ClN10O18S3. The van der Waals surface area contributed by atoms with E-state index in [9.17, 15) is 73.5 Å². The maximum Gasteiger partial charge on any atom is 0.231 e. The summed E-state index contributed by atoms with van der Waals surface area (Å²) in [6.45, 7) is 15.9. The Hall–Kier alpha value is -11.3. The van der Waals surface area contributed by atoms with Crippen molar-refractivity contribution in [2.24, 2.45) is 17.3 Å². The number of thiazole rings is 3. The summed E-state index contributed by atoms with van der Waals surface area (Å²) >= 11 is 10.9. The monoisotopic (exact) mass is 2050 g/mol. The van der Waals surface area contributed by atoms with Gasteiger partial charge in [-0.3, -0.25) is 47.9 Å². The molecule has 2 saturated carbocycles. The van der Waals surface area contributed by atoms with Gasteiger partial charge in [-0.15, -0.1) is 34.0 Å². The van der Waals surface area contributed by atoms with Crippen molar-refractivity contribution in [3.05, 3.63) is 228 Å². The first-order valence-corrected chi connectivity index (χ1v) is 54.0. The number of carbonyl (C=O) groups is 10. The van der Waals surface area contributed by atoms with Crippen molar-refractivity contribution in [1.82, 2.24) is 49.8 Å². The second kappa shape index (κ2) is 52.4. The van der Waals surface area contributed by atoms with Crippen LogP contribution >= 0.6 is 45.6 Å². The molecular weight excluding hydrogens is 1920 g/mol. The lowest BCUT2D eigenvalue weighted by Gasteiger charge is -2.37. The number of aryl methyl sites for hydroxylation is 10. The number of halogens is 1. The summed E-state index contributed by atoms with van der Waals surface area (Å²) in [6.07, 6.45) is 14.8. The van der Waals surface area contributed by atoms with Gasteiger partial charge < -0.3 is 63.8 Å². The number of β-amino-alcohol motifs (C(OH)–C–C–N with tert-alkyl or cyclic N) is 5. The number of hydrogen-bond donors (Lipinski definition) is 5. The Morgan fingerprint density at radius 3 is 1.14 bits per heavy atom. The maximum atomic E-state index is 13.3. The first kappa shape index (κ1) is 109. The molecule has 8 aliphatic rings. The molecule has 6 saturated heterocycles. The van der Waals surface area contributed by atoms with Gasteiger partial charge in [-0.1, -0.05) is 182 Å². The first-order chi connectivity index (χ1) is 69.8. The van der Waals surface area contributed by atoms with Crippen LogP contribution in [-0.2, 0) is 91.2 Å². The molecule has 32 heteroatoms. The summed E-state index contributed by atoms with van der Waals surface area (Å²) in [6, 6.07) is 40.8. The Balaban J connectivity index is 0.000000144. The maximum absolute atomic E-state index is 13.3. The zero-order valence-electron chi connectivity index (χ0n) is 83.9. The highest BCUT2D eigenvalue weighted by atomic mass is 35.5. The number of carbonyl (C=O) groups excluding carboxylic acids is 10. The average molecular weight is 2050 g/mol. The molecule has 770 valence electrons. The summed E-state index contributed by atoms with van der Waals surface area (Å²) in [7, 11) is 0. The van der Waals surface area contributed by atoms with Gasteiger partial charge in [0.05, 0.1) is 133 Å². The second-order valence-corrected chi connectivity index (χ2v) is 43.1. The van der Waals surface area contributed by atoms with Gasteiger partial charge in [0.15, 0.2) is 28.9 Å². The van der Waals surface area contributed by atoms with Crippen LogP contribution in [0.2, 0.25) is 5.02 Å². The molecule has 5 amide bonds. The van der Waals surface area contributed by atoms with Gasteiger partial charge in [-0.25, -0.2) is 15.0 Å². The zero-order valence-corrected chi connectivity index (χ0v) is 87.1. The molecule has 8 fully saturated rings. The fraction of sp³-hybridized carbons (Fsp3) is 0.496. The van der Waals surface area contributed by atoms with E-state index in [0.717, 1.165) is 119 Å². The van der Waals surface area contributed by atoms with Crippen LogP contribution in [0.1, 0.15) is 228 Å². The van der Waals surface area contributed by atoms with Gasteiger partial charge in [-0.2, -0.15) is 0 Å². The van der Waals surface area contributed by atoms with Crippen LogP contribution < -0.4 is 0 Å². The molecule has 0 unspecified atom stereocenters. The summed E-state index contributed by atoms with van der Waals surface area (Å²) in [5.41, 5.74) is 19.3. The van der Waals surface area contributed by atoms with E-state index >= 15 is 0 Å². The number of ether oxygens (including phenoxy) is 1. The van der Waals surface area contributed by atoms with E-state index < -0.39 is 60.7 Å². The number of aromatic nitrogens is 5. The predicted octanol–water partition coefficient (Wildman–Crippen LogP) is 16.3. The second-order valence-electron chi connectivity index (χ2n) is 40.1. The zero-order chi connectivity index (χ0) is 103. The molecule has 5 aromatic carbocycles. The predicted molar refractivity (Wildman–Crippen MR) is 556 cm³/mol. The number of aliphatic hydroxyl groups excluding tert-OH is 5. The molecule has 6 aliphatic heterocycles. The van der Waals surface area contributed by atoms with E-state index in [-0.39, 0.29) is 134 Å². The van der Waals surface area contributed by atoms with Gasteiger partial charge in [0.2, 0.25) is 29.5 Å². The van der Waals surface area contributed by atoms with Crippen molar-refractivity contribution in [3.8, 4) is 43.2 Å². The van der Waals surface area contributed by atoms with Crippen LogP contribution in [0.4, 0.5) is 0 Å². The van der Waals surface area contributed by atoms with E-state index in [0.29, 0.717) is 138 Å². The number of likely N-dealkylation sites (tertiary alicyclic amines) is 5. The quantitative estimate of drug-likeness (QED) is 0.0272. The Morgan fingerprint density at radius 2 is 0.766 bits per heavy atom. The van der Waals surface area contributed by atoms with Gasteiger partial charge in [0.1, 0.15) is 11.5 Å². The van der Waals surface area contributed by atoms with E-state index in [2.05, 4.69) is 110 Å². The van der Waals surface area contributed by atoms with Crippen LogP contribution in [0.3, 0.4) is 0 Å². The molecule has 0 spiro atoms. The third kappa shape index (κ3) is 30.0. The number of aliphatic hydroxyl groups is 5. The van der Waals surface area contributed by atoms with E-state index in [1.54, 1.807) is 74.7 Å². The van der Waals surface area contributed by atoms with Crippen molar-refractivity contribution < 1.29 is 87.3 Å². The highest BCUT2D eigenvalue weighted by Crippen LogP contribution is 2.41. The summed E-state index contributed by atoms with van der Waals surface area (Å²) in [4.78, 5) is 153. The van der Waals surface area contributed by atoms with Crippen LogP contribution in [0.5, 0.6) is 0 Å². The largest absolute Gasteiger partial charge is 0.391 e. The van der Waals surface area contributed by atoms with Crippen molar-refractivity contribution in [1.29, 1.82) is 0 Å². The van der Waals surface area contributed by atoms with Crippen LogP contribution in [0.15, 0.2) is 159 Å². The molecule has 2 aliphatic carbocycles. The smallest absolute Gasteiger partial charge is 0.231 e. The molecule has 10 aromatic rings. The lowest BCUT2D eigenvalue weighted by atomic mass is 9.74. The fourth-order valence-corrected chi connectivity index (χ4v) is 23.4. The van der Waals surface area contributed by atoms with Crippen molar-refractivity contribution >= 4 is 104 Å². The molecule has 11 heterocycles. The molecule has 145 heavy (non-hydrogen) atoms. The molecule has 28 nitrogen and oxygen atoms in total. The average Bonchev–Trinajstić information content (AvgIpc) is 1.64. The molecule has 18 rings (SSSR count). The van der Waals surface area contributed by atoms with Crippen LogP contribution in [0, 0.1) is 70.6 Å². The number of nitrogens with zero attached hydrogens (tertiary/aromatic N) is 10. The molecule has 5 aromatic heterocycles. The Kier molecular flexibility index (Phi) is 39.5. The highest BCUT2D eigenvalue weighted by molar-refractivity contribution is 7.14. The lowest BCUT2D eigenvalue weighted by molar-refractivity contribution is -0.147. The lowest BCUT2D eigenvalue weighted by Crippen LogP contribution is -2.48. The van der Waals surface area contributed by atoms with Crippen LogP contribution in [0.25, 0.3) is 31.3 Å². The van der Waals surface area contributed by atoms with Gasteiger partial charge in [0.25, 0.3) is 0 Å². The topological polar surface area (TPSA) is 388 Å². The van der Waals surface area contributed by atoms with Crippen LogP contribution in [-0.4, -0.2) is 240 Å². The number of rotatable bonds is 29. The van der Waals surface area contributed by atoms with E-state index in [1.165, 1.54) is 37.3 Å². The minimum absolute atomic E-state index is 0.00233. The standard InChI is InChI=1S/C25H32N2O3S.C24H30N2O3S.C23H28N2O4S.C21H22N2O4.C20H23ClN2O4/c1-17-23(31-16-26-17)19-9-6-18(7-10-19)8-11-22(29)21-14-20(28)15-27(21)24(30)25(2)12-4-3-5-13-25;1-16-23(30-15-25-16)18-10-7-17(8-11-18)9-12-22(28)21-13-20(27)14-26(21)24(29)19-5-3-2-4-6-19;1-15-22(30-14-24-15)17-5-2-16(3-6-17)4-7-21(27)20-12-19(26)13-25(20)23(28)18-8-10-29-11-9-18;1-15-11-18(27-22-15)13-21(26)23-14-17(24)12-19(23)20(25)10-6-5-9-16-7-3-2-4-8-16;1-12-7-14(3-5-17(12)21)4-6-19(25)18-9-15(24)11-23(18)20(26)10-16-8-13(2)22-27-16/h6-7,9-10,16,20-21,28H,3-5,8,11-15H2,1-2H3;7-8,10-11,15,19-21,27H,2-6,9,12-14H2,1H3;2-3,5-6,14,18-20,26H,4,7-13H2,1H3;2-4,7-8,11,17,19,24H,6,10,12-14H2,1H3;3,5,7-8,15,18,24H,4,6,9-11H2,1-2H3/t2*20-,21+;19-,20+;17-,19+;15-,18+/m11111/s1. The molecule has 10 atom stereocenters. The van der Waals surface area contributed by atoms with Crippen molar-refractivity contribution in [2.45, 2.75) is 295 Å². The van der Waals surface area contributed by atoms with Gasteiger partial charge in [0, 0.05) is 157 Å². The number of ketones is 5.